The molecule has 0 aliphatic carbocycles. The van der Waals surface area contributed by atoms with Crippen LogP contribution in [0.25, 0.3) is 6.08 Å². The zero-order valence-corrected chi connectivity index (χ0v) is 19.7. The predicted molar refractivity (Wildman–Crippen MR) is 131 cm³/mol. The average Bonchev–Trinajstić information content (AvgIpc) is 2.88. The van der Waals surface area contributed by atoms with Gasteiger partial charge in [-0.05, 0) is 24.3 Å². The maximum atomic E-state index is 12.8. The molecule has 3 aromatic carbocycles. The van der Waals surface area contributed by atoms with Gasteiger partial charge in [-0.25, -0.2) is 0 Å². The molecule has 0 heterocycles. The number of anilines is 2. The van der Waals surface area contributed by atoms with Gasteiger partial charge in [-0.3, -0.25) is 9.59 Å². The Bertz CT molecular complexity index is 1250. The minimum atomic E-state index is -3.07. The SMILES string of the molecule is COc1cc(NC(=O)c2ccccc2)c(OC)cc1NC(=O)/C=C/c1cccc(OC)c1OC(F)F. The Morgan fingerprint density at radius 1 is 0.806 bits per heavy atom. The zero-order valence-electron chi connectivity index (χ0n) is 19.7. The lowest BCUT2D eigenvalue weighted by Gasteiger charge is -2.16. The molecule has 188 valence electrons. The first-order chi connectivity index (χ1) is 17.4. The lowest BCUT2D eigenvalue weighted by molar-refractivity contribution is -0.111. The summed E-state index contributed by atoms with van der Waals surface area (Å²) in [4.78, 5) is 25.2. The van der Waals surface area contributed by atoms with E-state index in [1.54, 1.807) is 36.4 Å². The summed E-state index contributed by atoms with van der Waals surface area (Å²) in [6.07, 6.45) is 2.46. The topological polar surface area (TPSA) is 95.1 Å². The number of hydrogen-bond donors (Lipinski definition) is 2. The highest BCUT2D eigenvalue weighted by molar-refractivity contribution is 6.06. The minimum Gasteiger partial charge on any atom is -0.494 e. The summed E-state index contributed by atoms with van der Waals surface area (Å²) in [5, 5.41) is 5.40. The van der Waals surface area contributed by atoms with E-state index in [1.165, 1.54) is 51.7 Å². The molecular weight excluding hydrogens is 474 g/mol. The van der Waals surface area contributed by atoms with E-state index in [0.29, 0.717) is 11.3 Å². The average molecular weight is 498 g/mol. The lowest BCUT2D eigenvalue weighted by atomic mass is 10.1. The van der Waals surface area contributed by atoms with E-state index in [2.05, 4.69) is 15.4 Å². The number of carbonyl (C=O) groups excluding carboxylic acids is 2. The first kappa shape index (κ1) is 26.0. The third-order valence-corrected chi connectivity index (χ3v) is 4.91. The molecule has 0 aliphatic rings. The summed E-state index contributed by atoms with van der Waals surface area (Å²) in [5.41, 5.74) is 1.26. The second-order valence-corrected chi connectivity index (χ2v) is 7.15. The van der Waals surface area contributed by atoms with Gasteiger partial charge < -0.3 is 29.6 Å². The van der Waals surface area contributed by atoms with Crippen molar-refractivity contribution >= 4 is 29.3 Å². The number of ether oxygens (including phenoxy) is 4. The van der Waals surface area contributed by atoms with Crippen molar-refractivity contribution in [1.29, 1.82) is 0 Å². The number of carbonyl (C=O) groups is 2. The molecule has 10 heteroatoms. The molecule has 3 rings (SSSR count). The summed E-state index contributed by atoms with van der Waals surface area (Å²) in [7, 11) is 4.14. The lowest BCUT2D eigenvalue weighted by Crippen LogP contribution is -2.14. The van der Waals surface area contributed by atoms with Gasteiger partial charge >= 0.3 is 6.61 Å². The third kappa shape index (κ3) is 6.50. The Kier molecular flexibility index (Phi) is 8.82. The fourth-order valence-corrected chi connectivity index (χ4v) is 3.26. The van der Waals surface area contributed by atoms with Crippen molar-refractivity contribution in [3.05, 3.63) is 77.9 Å². The first-order valence-electron chi connectivity index (χ1n) is 10.6. The van der Waals surface area contributed by atoms with Gasteiger partial charge in [0.2, 0.25) is 5.91 Å². The fraction of sp³-hybridized carbons (Fsp3) is 0.154. The van der Waals surface area contributed by atoms with Gasteiger partial charge in [-0.1, -0.05) is 30.3 Å². The normalized spacial score (nSPS) is 10.7. The van der Waals surface area contributed by atoms with Crippen molar-refractivity contribution in [3.63, 3.8) is 0 Å². The molecule has 0 radical (unpaired) electrons. The van der Waals surface area contributed by atoms with Crippen LogP contribution in [-0.2, 0) is 4.79 Å². The summed E-state index contributed by atoms with van der Waals surface area (Å²) in [6, 6.07) is 16.2. The molecule has 0 spiro atoms. The molecule has 0 saturated heterocycles. The van der Waals surface area contributed by atoms with Crippen LogP contribution in [0.15, 0.2) is 66.7 Å². The van der Waals surface area contributed by atoms with E-state index in [0.717, 1.165) is 6.08 Å². The van der Waals surface area contributed by atoms with Crippen LogP contribution in [0.1, 0.15) is 15.9 Å². The molecule has 0 atom stereocenters. The molecule has 0 aromatic heterocycles. The Morgan fingerprint density at radius 3 is 2.00 bits per heavy atom. The molecule has 0 fully saturated rings. The van der Waals surface area contributed by atoms with Gasteiger partial charge in [0.1, 0.15) is 11.5 Å². The maximum Gasteiger partial charge on any atom is 0.387 e. The van der Waals surface area contributed by atoms with E-state index in [9.17, 15) is 18.4 Å². The highest BCUT2D eigenvalue weighted by Gasteiger charge is 2.17. The van der Waals surface area contributed by atoms with E-state index in [4.69, 9.17) is 14.2 Å². The summed E-state index contributed by atoms with van der Waals surface area (Å²) in [6.45, 7) is -3.07. The predicted octanol–water partition coefficient (Wildman–Crippen LogP) is 5.22. The van der Waals surface area contributed by atoms with Crippen molar-refractivity contribution in [2.24, 2.45) is 0 Å². The quantitative estimate of drug-likeness (QED) is 0.372. The molecule has 0 saturated carbocycles. The Balaban J connectivity index is 1.82. The Hall–Kier alpha value is -4.60. The number of methoxy groups -OCH3 is 3. The van der Waals surface area contributed by atoms with Gasteiger partial charge in [-0.15, -0.1) is 0 Å². The standard InChI is InChI=1S/C26H24F2N2O6/c1-33-20-11-7-10-16(24(20)36-26(27)28)12-13-23(31)29-18-14-22(35-3)19(15-21(18)34-2)30-25(32)17-8-5-4-6-9-17/h4-15,26H,1-3H3,(H,29,31)(H,30,32)/b13-12+. The van der Waals surface area contributed by atoms with E-state index < -0.39 is 12.5 Å². The van der Waals surface area contributed by atoms with Gasteiger partial charge in [0.25, 0.3) is 5.91 Å². The van der Waals surface area contributed by atoms with Crippen LogP contribution in [0.3, 0.4) is 0 Å². The minimum absolute atomic E-state index is 0.0948. The molecular formula is C26H24F2N2O6. The van der Waals surface area contributed by atoms with Crippen molar-refractivity contribution < 1.29 is 37.3 Å². The molecule has 8 nitrogen and oxygen atoms in total. The van der Waals surface area contributed by atoms with Gasteiger partial charge in [-0.2, -0.15) is 8.78 Å². The third-order valence-electron chi connectivity index (χ3n) is 4.91. The zero-order chi connectivity index (χ0) is 26.1. The summed E-state index contributed by atoms with van der Waals surface area (Å²) in [5.74, 6) is -0.504. The van der Waals surface area contributed by atoms with Gasteiger partial charge in [0.15, 0.2) is 11.5 Å². The van der Waals surface area contributed by atoms with Crippen LogP contribution in [0, 0.1) is 0 Å². The molecule has 36 heavy (non-hydrogen) atoms. The maximum absolute atomic E-state index is 12.8. The Morgan fingerprint density at radius 2 is 1.42 bits per heavy atom. The smallest absolute Gasteiger partial charge is 0.387 e. The number of rotatable bonds is 10. The second-order valence-electron chi connectivity index (χ2n) is 7.15. The molecule has 2 amide bonds. The fourth-order valence-electron chi connectivity index (χ4n) is 3.26. The van der Waals surface area contributed by atoms with E-state index in [1.807, 2.05) is 0 Å². The number of para-hydroxylation sites is 1. The molecule has 3 aromatic rings. The van der Waals surface area contributed by atoms with Crippen molar-refractivity contribution in [2.45, 2.75) is 6.61 Å². The monoisotopic (exact) mass is 498 g/mol. The van der Waals surface area contributed by atoms with Crippen LogP contribution in [0.2, 0.25) is 0 Å². The molecule has 2 N–H and O–H groups in total. The molecule has 0 aliphatic heterocycles. The number of halogens is 2. The van der Waals surface area contributed by atoms with Crippen LogP contribution < -0.4 is 29.6 Å². The number of hydrogen-bond acceptors (Lipinski definition) is 6. The highest BCUT2D eigenvalue weighted by atomic mass is 19.3. The number of benzene rings is 3. The second kappa shape index (κ2) is 12.2. The molecule has 0 unspecified atom stereocenters. The van der Waals surface area contributed by atoms with E-state index in [-0.39, 0.29) is 40.2 Å². The van der Waals surface area contributed by atoms with Crippen LogP contribution >= 0.6 is 0 Å². The summed E-state index contributed by atoms with van der Waals surface area (Å²) >= 11 is 0. The largest absolute Gasteiger partial charge is 0.494 e. The number of amides is 2. The van der Waals surface area contributed by atoms with Gasteiger partial charge in [0.05, 0.1) is 32.7 Å². The first-order valence-corrected chi connectivity index (χ1v) is 10.6. The number of alkyl halides is 2. The molecule has 0 bridgehead atoms. The van der Waals surface area contributed by atoms with Crippen molar-refractivity contribution in [3.8, 4) is 23.0 Å². The van der Waals surface area contributed by atoms with Crippen LogP contribution in [-0.4, -0.2) is 39.8 Å². The van der Waals surface area contributed by atoms with Gasteiger partial charge in [0, 0.05) is 29.3 Å². The highest BCUT2D eigenvalue weighted by Crippen LogP contribution is 2.37. The van der Waals surface area contributed by atoms with Crippen LogP contribution in [0.5, 0.6) is 23.0 Å². The Labute approximate surface area is 206 Å². The van der Waals surface area contributed by atoms with Crippen molar-refractivity contribution in [1.82, 2.24) is 0 Å². The summed E-state index contributed by atoms with van der Waals surface area (Å²) < 4.78 is 46.0. The van der Waals surface area contributed by atoms with Crippen LogP contribution in [0.4, 0.5) is 20.2 Å². The van der Waals surface area contributed by atoms with Crippen molar-refractivity contribution in [2.75, 3.05) is 32.0 Å². The number of nitrogens with one attached hydrogen (secondary N) is 2. The van der Waals surface area contributed by atoms with E-state index >= 15 is 0 Å².